The van der Waals surface area contributed by atoms with Gasteiger partial charge in [0.15, 0.2) is 4.34 Å². The minimum atomic E-state index is -0.114. The summed E-state index contributed by atoms with van der Waals surface area (Å²) in [7, 11) is 1.60. The van der Waals surface area contributed by atoms with Crippen LogP contribution in [0.25, 0.3) is 0 Å². The van der Waals surface area contributed by atoms with Gasteiger partial charge in [-0.1, -0.05) is 42.1 Å². The van der Waals surface area contributed by atoms with E-state index in [0.717, 1.165) is 15.7 Å². The second-order valence-electron chi connectivity index (χ2n) is 6.55. The van der Waals surface area contributed by atoms with Gasteiger partial charge in [0.05, 0.1) is 31.0 Å². The highest BCUT2D eigenvalue weighted by molar-refractivity contribution is 8.01. The van der Waals surface area contributed by atoms with Crippen molar-refractivity contribution in [1.29, 1.82) is 0 Å². The molecule has 1 heterocycles. The van der Waals surface area contributed by atoms with Gasteiger partial charge in [0.25, 0.3) is 0 Å². The van der Waals surface area contributed by atoms with Gasteiger partial charge in [-0.05, 0) is 36.8 Å². The number of aromatic nitrogens is 1. The molecule has 3 rings (SSSR count). The number of nitrogens with one attached hydrogen (secondary N) is 2. The van der Waals surface area contributed by atoms with Crippen molar-refractivity contribution < 1.29 is 14.3 Å². The first-order valence-electron chi connectivity index (χ1n) is 9.39. The lowest BCUT2D eigenvalue weighted by Crippen LogP contribution is -2.28. The summed E-state index contributed by atoms with van der Waals surface area (Å²) in [5.41, 5.74) is 2.48. The van der Waals surface area contributed by atoms with E-state index in [9.17, 15) is 9.59 Å². The van der Waals surface area contributed by atoms with E-state index in [1.165, 1.54) is 23.1 Å². The Morgan fingerprint density at radius 3 is 2.53 bits per heavy atom. The third-order valence-corrected chi connectivity index (χ3v) is 6.32. The van der Waals surface area contributed by atoms with Gasteiger partial charge in [-0.2, -0.15) is 0 Å². The lowest BCUT2D eigenvalue weighted by molar-refractivity contribution is -0.121. The van der Waals surface area contributed by atoms with Crippen LogP contribution in [0.4, 0.5) is 5.69 Å². The molecule has 3 aromatic rings. The number of thioether (sulfide) groups is 1. The number of thiazole rings is 1. The predicted octanol–water partition coefficient (Wildman–Crippen LogP) is 4.30. The molecule has 0 aliphatic rings. The second-order valence-corrected chi connectivity index (χ2v) is 8.63. The van der Waals surface area contributed by atoms with Crippen LogP contribution < -0.4 is 15.4 Å². The van der Waals surface area contributed by atoms with Gasteiger partial charge < -0.3 is 15.4 Å². The Balaban J connectivity index is 1.44. The van der Waals surface area contributed by atoms with E-state index in [-0.39, 0.29) is 30.0 Å². The number of nitrogens with zero attached hydrogens (tertiary/aromatic N) is 1. The van der Waals surface area contributed by atoms with Crippen molar-refractivity contribution in [3.8, 4) is 5.75 Å². The highest BCUT2D eigenvalue weighted by Gasteiger charge is 2.13. The fraction of sp³-hybridized carbons (Fsp3) is 0.227. The summed E-state index contributed by atoms with van der Waals surface area (Å²) in [5, 5.41) is 7.68. The monoisotopic (exact) mass is 441 g/mol. The van der Waals surface area contributed by atoms with Crippen LogP contribution >= 0.6 is 23.1 Å². The molecule has 0 aliphatic carbocycles. The van der Waals surface area contributed by atoms with Crippen LogP contribution in [0.2, 0.25) is 0 Å². The number of ether oxygens (including phenoxy) is 1. The largest absolute Gasteiger partial charge is 0.497 e. The topological polar surface area (TPSA) is 80.3 Å². The van der Waals surface area contributed by atoms with Crippen molar-refractivity contribution in [3.63, 3.8) is 0 Å². The normalized spacial score (nSPS) is 11.5. The zero-order chi connectivity index (χ0) is 21.3. The van der Waals surface area contributed by atoms with Gasteiger partial charge in [0.2, 0.25) is 11.8 Å². The fourth-order valence-electron chi connectivity index (χ4n) is 2.72. The summed E-state index contributed by atoms with van der Waals surface area (Å²) in [6, 6.07) is 16.9. The average molecular weight is 442 g/mol. The number of anilines is 1. The molecule has 2 aromatic carbocycles. The van der Waals surface area contributed by atoms with Crippen molar-refractivity contribution in [2.45, 2.75) is 23.7 Å². The molecule has 1 unspecified atom stereocenters. The highest BCUT2D eigenvalue weighted by atomic mass is 32.2. The number of hydrogen-bond donors (Lipinski definition) is 2. The molecule has 0 fully saturated rings. The maximum absolute atomic E-state index is 12.3. The Hall–Kier alpha value is -2.84. The smallest absolute Gasteiger partial charge is 0.234 e. The van der Waals surface area contributed by atoms with Gasteiger partial charge in [-0.15, -0.1) is 11.3 Å². The van der Waals surface area contributed by atoms with Crippen molar-refractivity contribution in [2.75, 3.05) is 18.2 Å². The summed E-state index contributed by atoms with van der Waals surface area (Å²) >= 11 is 2.79. The van der Waals surface area contributed by atoms with E-state index in [1.807, 2.05) is 42.6 Å². The van der Waals surface area contributed by atoms with Gasteiger partial charge in [0.1, 0.15) is 5.75 Å². The van der Waals surface area contributed by atoms with Crippen LogP contribution in [-0.4, -0.2) is 29.7 Å². The number of amides is 2. The Kier molecular flexibility index (Phi) is 7.87. The number of benzene rings is 2. The number of methoxy groups -OCH3 is 1. The minimum absolute atomic E-state index is 0.0622. The minimum Gasteiger partial charge on any atom is -0.497 e. The lowest BCUT2D eigenvalue weighted by atomic mass is 10.1. The number of hydrogen-bond acceptors (Lipinski definition) is 6. The molecule has 8 heteroatoms. The summed E-state index contributed by atoms with van der Waals surface area (Å²) in [6.07, 6.45) is 0.215. The SMILES string of the molecule is COc1ccc(NC(=O)CSc2nc(CC(=O)NC(C)c3ccccc3)cs2)cc1. The first kappa shape index (κ1) is 21.9. The molecule has 0 saturated heterocycles. The highest BCUT2D eigenvalue weighted by Crippen LogP contribution is 2.23. The van der Waals surface area contributed by atoms with Crippen LogP contribution in [0.3, 0.4) is 0 Å². The molecule has 0 bridgehead atoms. The molecule has 6 nitrogen and oxygen atoms in total. The molecule has 156 valence electrons. The average Bonchev–Trinajstić information content (AvgIpc) is 3.20. The molecule has 30 heavy (non-hydrogen) atoms. The molecular weight excluding hydrogens is 418 g/mol. The number of rotatable bonds is 9. The zero-order valence-electron chi connectivity index (χ0n) is 16.8. The van der Waals surface area contributed by atoms with E-state index in [1.54, 1.807) is 31.4 Å². The van der Waals surface area contributed by atoms with Crippen LogP contribution in [0.5, 0.6) is 5.75 Å². The third-order valence-electron chi connectivity index (χ3n) is 4.25. The Morgan fingerprint density at radius 1 is 1.10 bits per heavy atom. The number of carbonyl (C=O) groups excluding carboxylic acids is 2. The van der Waals surface area contributed by atoms with Crippen LogP contribution in [0.15, 0.2) is 64.3 Å². The van der Waals surface area contributed by atoms with E-state index < -0.39 is 0 Å². The maximum atomic E-state index is 12.3. The Morgan fingerprint density at radius 2 is 1.83 bits per heavy atom. The molecular formula is C22H23N3O3S2. The van der Waals surface area contributed by atoms with E-state index in [4.69, 9.17) is 4.74 Å². The van der Waals surface area contributed by atoms with Gasteiger partial charge in [0, 0.05) is 11.1 Å². The molecule has 2 N–H and O–H groups in total. The second kappa shape index (κ2) is 10.8. The summed E-state index contributed by atoms with van der Waals surface area (Å²) < 4.78 is 5.86. The Labute approximate surface area is 184 Å². The predicted molar refractivity (Wildman–Crippen MR) is 121 cm³/mol. The van der Waals surface area contributed by atoms with Crippen LogP contribution in [-0.2, 0) is 16.0 Å². The number of carbonyl (C=O) groups is 2. The van der Waals surface area contributed by atoms with Crippen LogP contribution in [0.1, 0.15) is 24.2 Å². The van der Waals surface area contributed by atoms with E-state index >= 15 is 0 Å². The Bertz CT molecular complexity index is 975. The van der Waals surface area contributed by atoms with Crippen molar-refractivity contribution in [1.82, 2.24) is 10.3 Å². The van der Waals surface area contributed by atoms with Crippen molar-refractivity contribution in [2.24, 2.45) is 0 Å². The lowest BCUT2D eigenvalue weighted by Gasteiger charge is -2.13. The molecule has 0 aliphatic heterocycles. The van der Waals surface area contributed by atoms with E-state index in [0.29, 0.717) is 11.4 Å². The van der Waals surface area contributed by atoms with Crippen LogP contribution in [0, 0.1) is 0 Å². The summed E-state index contributed by atoms with van der Waals surface area (Å²) in [4.78, 5) is 28.9. The van der Waals surface area contributed by atoms with Gasteiger partial charge in [-0.3, -0.25) is 9.59 Å². The van der Waals surface area contributed by atoms with Crippen molar-refractivity contribution in [3.05, 3.63) is 71.2 Å². The summed E-state index contributed by atoms with van der Waals surface area (Å²) in [6.45, 7) is 1.96. The fourth-order valence-corrected chi connectivity index (χ4v) is 4.36. The maximum Gasteiger partial charge on any atom is 0.234 e. The van der Waals surface area contributed by atoms with Gasteiger partial charge >= 0.3 is 0 Å². The molecule has 2 amide bonds. The zero-order valence-corrected chi connectivity index (χ0v) is 18.4. The van der Waals surface area contributed by atoms with E-state index in [2.05, 4.69) is 15.6 Å². The third kappa shape index (κ3) is 6.60. The standard InChI is InChI=1S/C22H23N3O3S2/c1-15(16-6-4-3-5-7-16)23-20(26)12-18-13-29-22(25-18)30-14-21(27)24-17-8-10-19(28-2)11-9-17/h3-11,13,15H,12,14H2,1-2H3,(H,23,26)(H,24,27). The molecule has 1 atom stereocenters. The first-order chi connectivity index (χ1) is 14.5. The molecule has 1 aromatic heterocycles. The summed E-state index contributed by atoms with van der Waals surface area (Å²) in [5.74, 6) is 0.789. The molecule has 0 spiro atoms. The van der Waals surface area contributed by atoms with Crippen molar-refractivity contribution >= 4 is 40.6 Å². The first-order valence-corrected chi connectivity index (χ1v) is 11.3. The van der Waals surface area contributed by atoms with Gasteiger partial charge in [-0.25, -0.2) is 4.98 Å². The molecule has 0 saturated carbocycles. The quantitative estimate of drug-likeness (QED) is 0.484. The molecule has 0 radical (unpaired) electrons.